The Morgan fingerprint density at radius 3 is 2.48 bits per heavy atom. The predicted octanol–water partition coefficient (Wildman–Crippen LogP) is 2.38. The zero-order valence-corrected chi connectivity index (χ0v) is 19.7. The summed E-state index contributed by atoms with van der Waals surface area (Å²) in [5, 5.41) is 13.1. The van der Waals surface area contributed by atoms with Crippen LogP contribution in [0.15, 0.2) is 29.3 Å². The lowest BCUT2D eigenvalue weighted by Gasteiger charge is -2.36. The van der Waals surface area contributed by atoms with Crippen molar-refractivity contribution in [2.75, 3.05) is 63.8 Å². The van der Waals surface area contributed by atoms with E-state index in [2.05, 4.69) is 26.9 Å². The van der Waals surface area contributed by atoms with Crippen molar-refractivity contribution in [2.45, 2.75) is 32.3 Å². The fourth-order valence-corrected chi connectivity index (χ4v) is 3.90. The molecule has 0 saturated carbocycles. The van der Waals surface area contributed by atoms with Crippen LogP contribution in [-0.2, 0) is 0 Å². The monoisotopic (exact) mass is 519 g/mol. The number of hydrogen-bond acceptors (Lipinski definition) is 4. The molecule has 0 bridgehead atoms. The van der Waals surface area contributed by atoms with E-state index in [-0.39, 0.29) is 35.9 Å². The van der Waals surface area contributed by atoms with Crippen LogP contribution in [0.5, 0.6) is 0 Å². The van der Waals surface area contributed by atoms with Crippen molar-refractivity contribution in [3.8, 4) is 0 Å². The van der Waals surface area contributed by atoms with E-state index in [4.69, 9.17) is 4.99 Å². The smallest absolute Gasteiger partial charge is 0.193 e. The van der Waals surface area contributed by atoms with Gasteiger partial charge in [-0.05, 0) is 38.3 Å². The highest BCUT2D eigenvalue weighted by Gasteiger charge is 2.20. The molecule has 29 heavy (non-hydrogen) atoms. The molecule has 2 heterocycles. The van der Waals surface area contributed by atoms with E-state index in [0.717, 1.165) is 84.1 Å². The van der Waals surface area contributed by atoms with Crippen LogP contribution in [0.25, 0.3) is 0 Å². The SMILES string of the molecule is CCNC(=NCCCN1CCN(c2ccccc2F)CC1)N1CCC(O)CC1.I. The van der Waals surface area contributed by atoms with Crippen LogP contribution in [0, 0.1) is 5.82 Å². The van der Waals surface area contributed by atoms with E-state index in [9.17, 15) is 9.50 Å². The van der Waals surface area contributed by atoms with Gasteiger partial charge in [0.1, 0.15) is 5.82 Å². The van der Waals surface area contributed by atoms with Crippen molar-refractivity contribution in [1.29, 1.82) is 0 Å². The number of aliphatic hydroxyl groups excluding tert-OH is 1. The number of para-hydroxylation sites is 1. The predicted molar refractivity (Wildman–Crippen MR) is 128 cm³/mol. The molecule has 2 aliphatic rings. The first-order chi connectivity index (χ1) is 13.7. The average Bonchev–Trinajstić information content (AvgIpc) is 2.72. The highest BCUT2D eigenvalue weighted by molar-refractivity contribution is 14.0. The Kier molecular flexibility index (Phi) is 10.4. The van der Waals surface area contributed by atoms with Gasteiger partial charge in [0.2, 0.25) is 0 Å². The van der Waals surface area contributed by atoms with Crippen LogP contribution < -0.4 is 10.2 Å². The summed E-state index contributed by atoms with van der Waals surface area (Å²) in [5.41, 5.74) is 0.716. The Balaban J connectivity index is 0.00000300. The second kappa shape index (κ2) is 12.5. The maximum atomic E-state index is 13.9. The van der Waals surface area contributed by atoms with Gasteiger partial charge in [-0.1, -0.05) is 12.1 Å². The summed E-state index contributed by atoms with van der Waals surface area (Å²) in [4.78, 5) is 11.6. The number of benzene rings is 1. The molecule has 0 atom stereocenters. The molecule has 0 amide bonds. The molecule has 0 radical (unpaired) electrons. The maximum absolute atomic E-state index is 13.9. The Bertz CT molecular complexity index is 631. The van der Waals surface area contributed by atoms with Crippen molar-refractivity contribution in [2.24, 2.45) is 4.99 Å². The first-order valence-electron chi connectivity index (χ1n) is 10.6. The average molecular weight is 519 g/mol. The minimum absolute atomic E-state index is 0. The molecule has 1 aromatic rings. The number of hydrogen-bond donors (Lipinski definition) is 2. The molecule has 2 fully saturated rings. The van der Waals surface area contributed by atoms with Crippen LogP contribution in [0.1, 0.15) is 26.2 Å². The van der Waals surface area contributed by atoms with Gasteiger partial charge in [-0.2, -0.15) is 0 Å². The molecule has 0 aliphatic carbocycles. The summed E-state index contributed by atoms with van der Waals surface area (Å²) in [6, 6.07) is 7.03. The zero-order valence-electron chi connectivity index (χ0n) is 17.4. The summed E-state index contributed by atoms with van der Waals surface area (Å²) in [6.07, 6.45) is 2.49. The van der Waals surface area contributed by atoms with Gasteiger partial charge in [-0.25, -0.2) is 4.39 Å². The Morgan fingerprint density at radius 1 is 1.14 bits per heavy atom. The van der Waals surface area contributed by atoms with Crippen LogP contribution in [-0.4, -0.2) is 85.9 Å². The summed E-state index contributed by atoms with van der Waals surface area (Å²) in [7, 11) is 0. The molecule has 6 nitrogen and oxygen atoms in total. The Labute approximate surface area is 191 Å². The number of nitrogens with one attached hydrogen (secondary N) is 1. The number of piperazine rings is 1. The summed E-state index contributed by atoms with van der Waals surface area (Å²) < 4.78 is 13.9. The molecule has 2 aliphatic heterocycles. The number of guanidine groups is 1. The van der Waals surface area contributed by atoms with Gasteiger partial charge in [0, 0.05) is 58.9 Å². The second-order valence-corrected chi connectivity index (χ2v) is 7.59. The van der Waals surface area contributed by atoms with Crippen LogP contribution in [0.2, 0.25) is 0 Å². The van der Waals surface area contributed by atoms with Gasteiger partial charge in [0.05, 0.1) is 11.8 Å². The first kappa shape index (κ1) is 24.1. The summed E-state index contributed by atoms with van der Waals surface area (Å²) in [6.45, 7) is 10.1. The van der Waals surface area contributed by atoms with Gasteiger partial charge in [0.15, 0.2) is 5.96 Å². The normalized spacial score (nSPS) is 19.2. The Hall–Kier alpha value is -1.13. The number of anilines is 1. The lowest BCUT2D eigenvalue weighted by Crippen LogP contribution is -2.47. The standard InChI is InChI=1S/C21H34FN5O.HI/c1-2-23-21(27-12-8-18(28)9-13-27)24-10-5-11-25-14-16-26(17-15-25)20-7-4-3-6-19(20)22;/h3-4,6-7,18,28H,2,5,8-17H2,1H3,(H,23,24);1H. The highest BCUT2D eigenvalue weighted by Crippen LogP contribution is 2.20. The molecule has 2 N–H and O–H groups in total. The fraction of sp³-hybridized carbons (Fsp3) is 0.667. The van der Waals surface area contributed by atoms with Crippen LogP contribution in [0.3, 0.4) is 0 Å². The van der Waals surface area contributed by atoms with E-state index >= 15 is 0 Å². The summed E-state index contributed by atoms with van der Waals surface area (Å²) >= 11 is 0. The quantitative estimate of drug-likeness (QED) is 0.262. The first-order valence-corrected chi connectivity index (χ1v) is 10.6. The molecular weight excluding hydrogens is 484 g/mol. The van der Waals surface area contributed by atoms with Crippen molar-refractivity contribution in [1.82, 2.24) is 15.1 Å². The number of aliphatic hydroxyl groups is 1. The third kappa shape index (κ3) is 7.25. The van der Waals surface area contributed by atoms with Gasteiger partial charge >= 0.3 is 0 Å². The van der Waals surface area contributed by atoms with Gasteiger partial charge in [0.25, 0.3) is 0 Å². The van der Waals surface area contributed by atoms with E-state index in [1.165, 1.54) is 6.07 Å². The number of halogens is 2. The van der Waals surface area contributed by atoms with E-state index in [1.807, 2.05) is 12.1 Å². The molecule has 3 rings (SSSR count). The van der Waals surface area contributed by atoms with Gasteiger partial charge < -0.3 is 20.2 Å². The fourth-order valence-electron chi connectivity index (χ4n) is 3.90. The number of aliphatic imine (C=N–C) groups is 1. The number of rotatable bonds is 6. The highest BCUT2D eigenvalue weighted by atomic mass is 127. The molecular formula is C21H35FIN5O. The van der Waals surface area contributed by atoms with E-state index in [1.54, 1.807) is 6.07 Å². The van der Waals surface area contributed by atoms with Crippen LogP contribution >= 0.6 is 24.0 Å². The summed E-state index contributed by atoms with van der Waals surface area (Å²) in [5.74, 6) is 0.838. The molecule has 0 unspecified atom stereocenters. The zero-order chi connectivity index (χ0) is 19.8. The molecule has 0 spiro atoms. The van der Waals surface area contributed by atoms with Crippen molar-refractivity contribution in [3.05, 3.63) is 30.1 Å². The van der Waals surface area contributed by atoms with E-state index in [0.29, 0.717) is 5.69 Å². The van der Waals surface area contributed by atoms with Gasteiger partial charge in [-0.3, -0.25) is 9.89 Å². The number of nitrogens with zero attached hydrogens (tertiary/aromatic N) is 4. The second-order valence-electron chi connectivity index (χ2n) is 7.59. The third-order valence-electron chi connectivity index (χ3n) is 5.56. The molecule has 0 aromatic heterocycles. The van der Waals surface area contributed by atoms with E-state index < -0.39 is 0 Å². The van der Waals surface area contributed by atoms with Crippen LogP contribution in [0.4, 0.5) is 10.1 Å². The molecule has 1 aromatic carbocycles. The molecule has 2 saturated heterocycles. The largest absolute Gasteiger partial charge is 0.393 e. The minimum Gasteiger partial charge on any atom is -0.393 e. The van der Waals surface area contributed by atoms with Crippen molar-refractivity contribution < 1.29 is 9.50 Å². The number of piperidine rings is 1. The third-order valence-corrected chi connectivity index (χ3v) is 5.56. The number of likely N-dealkylation sites (tertiary alicyclic amines) is 1. The topological polar surface area (TPSA) is 54.3 Å². The van der Waals surface area contributed by atoms with Crippen molar-refractivity contribution >= 4 is 35.6 Å². The lowest BCUT2D eigenvalue weighted by atomic mass is 10.1. The minimum atomic E-state index is -0.165. The Morgan fingerprint density at radius 2 is 1.83 bits per heavy atom. The molecule has 164 valence electrons. The lowest BCUT2D eigenvalue weighted by molar-refractivity contribution is 0.108. The maximum Gasteiger partial charge on any atom is 0.193 e. The van der Waals surface area contributed by atoms with Crippen molar-refractivity contribution in [3.63, 3.8) is 0 Å². The van der Waals surface area contributed by atoms with Gasteiger partial charge in [-0.15, -0.1) is 24.0 Å². The molecule has 8 heteroatoms.